The molecule has 1 amide bonds. The topological polar surface area (TPSA) is 41.6 Å². The molecule has 1 saturated carbocycles. The summed E-state index contributed by atoms with van der Waals surface area (Å²) in [6.07, 6.45) is 5.31. The second kappa shape index (κ2) is 8.22. The van der Waals surface area contributed by atoms with Crippen LogP contribution in [-0.4, -0.2) is 36.0 Å². The quantitative estimate of drug-likeness (QED) is 0.857. The Morgan fingerprint density at radius 1 is 1.24 bits per heavy atom. The number of carbonyl (C=O) groups is 1. The molecule has 2 atom stereocenters. The van der Waals surface area contributed by atoms with Crippen molar-refractivity contribution in [3.63, 3.8) is 0 Å². The van der Waals surface area contributed by atoms with Gasteiger partial charge in [0.1, 0.15) is 5.75 Å². The highest BCUT2D eigenvalue weighted by molar-refractivity contribution is 5.73. The summed E-state index contributed by atoms with van der Waals surface area (Å²) < 4.78 is 6.29. The van der Waals surface area contributed by atoms with Crippen molar-refractivity contribution in [3.8, 4) is 5.75 Å². The van der Waals surface area contributed by atoms with Crippen LogP contribution in [0.4, 0.5) is 0 Å². The number of hydrogen-bond acceptors (Lipinski definition) is 3. The zero-order chi connectivity index (χ0) is 17.8. The van der Waals surface area contributed by atoms with Crippen LogP contribution in [0.2, 0.25) is 0 Å². The summed E-state index contributed by atoms with van der Waals surface area (Å²) in [6.45, 7) is 8.95. The second-order valence-electron chi connectivity index (χ2n) is 8.04. The van der Waals surface area contributed by atoms with Gasteiger partial charge < -0.3 is 10.1 Å². The third-order valence-electron chi connectivity index (χ3n) is 5.65. The average molecular weight is 344 g/mol. The van der Waals surface area contributed by atoms with Crippen LogP contribution < -0.4 is 10.1 Å². The monoisotopic (exact) mass is 344 g/mol. The number of nitrogens with one attached hydrogen (secondary N) is 1. The summed E-state index contributed by atoms with van der Waals surface area (Å²) in [5, 5.41) is 3.15. The van der Waals surface area contributed by atoms with Gasteiger partial charge in [0.25, 0.3) is 0 Å². The van der Waals surface area contributed by atoms with Gasteiger partial charge in [-0.3, -0.25) is 9.69 Å². The lowest BCUT2D eigenvalue weighted by Gasteiger charge is -2.22. The molecule has 0 radical (unpaired) electrons. The van der Waals surface area contributed by atoms with E-state index < -0.39 is 0 Å². The molecule has 1 heterocycles. The Kier molecular flexibility index (Phi) is 6.00. The van der Waals surface area contributed by atoms with Crippen LogP contribution >= 0.6 is 0 Å². The van der Waals surface area contributed by atoms with E-state index in [1.54, 1.807) is 6.92 Å². The summed E-state index contributed by atoms with van der Waals surface area (Å²) >= 11 is 0. The molecule has 1 N–H and O–H groups in total. The van der Waals surface area contributed by atoms with Crippen molar-refractivity contribution >= 4 is 5.91 Å². The molecule has 1 aliphatic heterocycles. The van der Waals surface area contributed by atoms with Crippen molar-refractivity contribution in [1.82, 2.24) is 10.2 Å². The molecule has 138 valence electrons. The molecular weight excluding hydrogens is 312 g/mol. The van der Waals surface area contributed by atoms with Crippen LogP contribution in [0.15, 0.2) is 24.3 Å². The average Bonchev–Trinajstić information content (AvgIpc) is 3.18. The van der Waals surface area contributed by atoms with Crippen molar-refractivity contribution in [2.45, 2.75) is 65.1 Å². The Morgan fingerprint density at radius 3 is 2.64 bits per heavy atom. The van der Waals surface area contributed by atoms with Gasteiger partial charge in [-0.05, 0) is 43.6 Å². The molecule has 1 aromatic carbocycles. The zero-order valence-electron chi connectivity index (χ0n) is 15.8. The predicted octanol–water partition coefficient (Wildman–Crippen LogP) is 3.60. The van der Waals surface area contributed by atoms with Crippen LogP contribution in [0.5, 0.6) is 5.75 Å². The van der Waals surface area contributed by atoms with Gasteiger partial charge in [0.05, 0.1) is 6.10 Å². The number of amides is 1. The minimum Gasteiger partial charge on any atom is -0.490 e. The molecule has 0 unspecified atom stereocenters. The number of carbonyl (C=O) groups excluding carboxylic acids is 1. The Labute approximate surface area is 151 Å². The molecule has 0 spiro atoms. The standard InChI is InChI=1S/C21H32N2O2/c1-15(2)19-13-23(14-20(19)22-16(3)24)12-17-8-4-7-11-21(17)25-18-9-5-6-10-18/h4,7-8,11,15,18-20H,5-6,9-10,12-14H2,1-3H3,(H,22,24)/t19-,20+/m0/s1. The SMILES string of the molecule is CC(=O)N[C@@H]1CN(Cc2ccccc2OC2CCCC2)C[C@H]1C(C)C. The lowest BCUT2D eigenvalue weighted by molar-refractivity contribution is -0.119. The van der Waals surface area contributed by atoms with Crippen molar-refractivity contribution in [3.05, 3.63) is 29.8 Å². The molecule has 1 aromatic rings. The van der Waals surface area contributed by atoms with Crippen molar-refractivity contribution in [2.75, 3.05) is 13.1 Å². The number of para-hydroxylation sites is 1. The molecule has 0 aromatic heterocycles. The van der Waals surface area contributed by atoms with Gasteiger partial charge in [0.2, 0.25) is 5.91 Å². The van der Waals surface area contributed by atoms with Crippen molar-refractivity contribution in [1.29, 1.82) is 0 Å². The number of ether oxygens (including phenoxy) is 1. The van der Waals surface area contributed by atoms with E-state index in [-0.39, 0.29) is 11.9 Å². The van der Waals surface area contributed by atoms with Crippen molar-refractivity contribution in [2.24, 2.45) is 11.8 Å². The van der Waals surface area contributed by atoms with E-state index in [0.29, 0.717) is 17.9 Å². The number of benzene rings is 1. The van der Waals surface area contributed by atoms with Crippen LogP contribution in [0.25, 0.3) is 0 Å². The second-order valence-corrected chi connectivity index (χ2v) is 8.04. The highest BCUT2D eigenvalue weighted by Crippen LogP contribution is 2.30. The highest BCUT2D eigenvalue weighted by Gasteiger charge is 2.35. The number of likely N-dealkylation sites (tertiary alicyclic amines) is 1. The summed E-state index contributed by atoms with van der Waals surface area (Å²) in [7, 11) is 0. The van der Waals surface area contributed by atoms with Gasteiger partial charge in [-0.1, -0.05) is 32.0 Å². The highest BCUT2D eigenvalue weighted by atomic mass is 16.5. The minimum atomic E-state index is 0.0717. The molecule has 4 heteroatoms. The predicted molar refractivity (Wildman–Crippen MR) is 101 cm³/mol. The fourth-order valence-corrected chi connectivity index (χ4v) is 4.31. The van der Waals surface area contributed by atoms with Crippen LogP contribution in [-0.2, 0) is 11.3 Å². The third-order valence-corrected chi connectivity index (χ3v) is 5.65. The van der Waals surface area contributed by atoms with E-state index in [4.69, 9.17) is 4.74 Å². The third kappa shape index (κ3) is 4.75. The maximum Gasteiger partial charge on any atom is 0.217 e. The fraction of sp³-hybridized carbons (Fsp3) is 0.667. The van der Waals surface area contributed by atoms with Gasteiger partial charge in [0, 0.05) is 38.2 Å². The molecule has 25 heavy (non-hydrogen) atoms. The molecule has 2 aliphatic rings. The molecule has 1 aliphatic carbocycles. The smallest absolute Gasteiger partial charge is 0.217 e. The van der Waals surface area contributed by atoms with E-state index in [9.17, 15) is 4.79 Å². The summed E-state index contributed by atoms with van der Waals surface area (Å²) in [5.41, 5.74) is 1.26. The Bertz CT molecular complexity index is 581. The van der Waals surface area contributed by atoms with Crippen LogP contribution in [0.3, 0.4) is 0 Å². The first-order chi connectivity index (χ1) is 12.0. The van der Waals surface area contributed by atoms with E-state index in [0.717, 1.165) is 25.4 Å². The summed E-state index contributed by atoms with van der Waals surface area (Å²) in [5.74, 6) is 2.18. The molecular formula is C21H32N2O2. The number of rotatable bonds is 6. The van der Waals surface area contributed by atoms with Gasteiger partial charge in [-0.2, -0.15) is 0 Å². The first kappa shape index (κ1) is 18.2. The lowest BCUT2D eigenvalue weighted by atomic mass is 9.91. The van der Waals surface area contributed by atoms with Gasteiger partial charge in [-0.15, -0.1) is 0 Å². The lowest BCUT2D eigenvalue weighted by Crippen LogP contribution is -2.40. The zero-order valence-corrected chi connectivity index (χ0v) is 15.8. The van der Waals surface area contributed by atoms with Gasteiger partial charge in [0.15, 0.2) is 0 Å². The van der Waals surface area contributed by atoms with Crippen molar-refractivity contribution < 1.29 is 9.53 Å². The van der Waals surface area contributed by atoms with Crippen LogP contribution in [0.1, 0.15) is 52.0 Å². The molecule has 2 fully saturated rings. The van der Waals surface area contributed by atoms with Crippen LogP contribution in [0, 0.1) is 11.8 Å². The molecule has 3 rings (SSSR count). The van der Waals surface area contributed by atoms with E-state index >= 15 is 0 Å². The summed E-state index contributed by atoms with van der Waals surface area (Å²) in [6, 6.07) is 8.70. The number of hydrogen-bond donors (Lipinski definition) is 1. The molecule has 4 nitrogen and oxygen atoms in total. The first-order valence-corrected chi connectivity index (χ1v) is 9.77. The Morgan fingerprint density at radius 2 is 1.96 bits per heavy atom. The minimum absolute atomic E-state index is 0.0717. The van der Waals surface area contributed by atoms with Gasteiger partial charge >= 0.3 is 0 Å². The Balaban J connectivity index is 1.66. The summed E-state index contributed by atoms with van der Waals surface area (Å²) in [4.78, 5) is 14.0. The fourth-order valence-electron chi connectivity index (χ4n) is 4.31. The Hall–Kier alpha value is -1.55. The first-order valence-electron chi connectivity index (χ1n) is 9.77. The maximum atomic E-state index is 11.5. The number of nitrogens with zero attached hydrogens (tertiary/aromatic N) is 1. The van der Waals surface area contributed by atoms with Gasteiger partial charge in [-0.25, -0.2) is 0 Å². The molecule has 0 bridgehead atoms. The normalized spacial score (nSPS) is 24.8. The molecule has 1 saturated heterocycles. The van der Waals surface area contributed by atoms with E-state index in [2.05, 4.69) is 48.3 Å². The maximum absolute atomic E-state index is 11.5. The largest absolute Gasteiger partial charge is 0.490 e. The van der Waals surface area contributed by atoms with E-state index in [1.807, 2.05) is 0 Å². The van der Waals surface area contributed by atoms with E-state index in [1.165, 1.54) is 31.2 Å².